The summed E-state index contributed by atoms with van der Waals surface area (Å²) in [5, 5.41) is 11.6. The fourth-order valence-corrected chi connectivity index (χ4v) is 4.88. The Morgan fingerprint density at radius 2 is 1.87 bits per heavy atom. The molecule has 7 heteroatoms. The molecule has 0 radical (unpaired) electrons. The van der Waals surface area contributed by atoms with E-state index < -0.39 is 5.60 Å². The second kappa shape index (κ2) is 13.1. The van der Waals surface area contributed by atoms with Crippen molar-refractivity contribution in [2.45, 2.75) is 97.4 Å². The van der Waals surface area contributed by atoms with Gasteiger partial charge in [0.1, 0.15) is 6.73 Å². The Balaban J connectivity index is 2.93. The third-order valence-electron chi connectivity index (χ3n) is 6.86. The van der Waals surface area contributed by atoms with Crippen molar-refractivity contribution in [3.8, 4) is 0 Å². The minimum atomic E-state index is -1.01. The molecule has 1 aliphatic heterocycles. The number of nitrogens with zero attached hydrogens (tertiary/aromatic N) is 2. The molecule has 0 aromatic rings. The topological polar surface area (TPSA) is 71.5 Å². The summed E-state index contributed by atoms with van der Waals surface area (Å²) in [6.45, 7) is 14.1. The van der Waals surface area contributed by atoms with Crippen LogP contribution in [0.3, 0.4) is 0 Å². The first-order chi connectivity index (χ1) is 14.4. The Morgan fingerprint density at radius 3 is 2.42 bits per heavy atom. The predicted octanol–water partition coefficient (Wildman–Crippen LogP) is 3.35. The van der Waals surface area contributed by atoms with Crippen LogP contribution in [0.15, 0.2) is 0 Å². The zero-order chi connectivity index (χ0) is 23.8. The van der Waals surface area contributed by atoms with E-state index in [0.717, 1.165) is 19.3 Å². The van der Waals surface area contributed by atoms with Crippen LogP contribution in [0.25, 0.3) is 0 Å². The van der Waals surface area contributed by atoms with Gasteiger partial charge in [-0.05, 0) is 65.6 Å². The summed E-state index contributed by atoms with van der Waals surface area (Å²) in [6, 6.07) is 0.406. The number of ether oxygens (including phenoxy) is 3. The van der Waals surface area contributed by atoms with Crippen LogP contribution < -0.4 is 0 Å². The van der Waals surface area contributed by atoms with Crippen LogP contribution in [0.5, 0.6) is 0 Å². The van der Waals surface area contributed by atoms with Gasteiger partial charge in [-0.15, -0.1) is 0 Å². The van der Waals surface area contributed by atoms with Crippen molar-refractivity contribution in [3.05, 3.63) is 0 Å². The van der Waals surface area contributed by atoms with E-state index in [1.807, 2.05) is 18.9 Å². The molecule has 0 aromatic heterocycles. The highest BCUT2D eigenvalue weighted by Crippen LogP contribution is 2.35. The Labute approximate surface area is 190 Å². The normalized spacial score (nSPS) is 28.1. The van der Waals surface area contributed by atoms with E-state index in [9.17, 15) is 9.90 Å². The molecule has 1 fully saturated rings. The predicted molar refractivity (Wildman–Crippen MR) is 124 cm³/mol. The maximum Gasteiger partial charge on any atom is 0.294 e. The molecule has 184 valence electrons. The van der Waals surface area contributed by atoms with E-state index in [2.05, 4.69) is 53.6 Å². The Morgan fingerprint density at radius 1 is 1.23 bits per heavy atom. The van der Waals surface area contributed by atoms with Gasteiger partial charge in [-0.3, -0.25) is 9.69 Å². The highest BCUT2D eigenvalue weighted by molar-refractivity contribution is 5.36. The second-order valence-corrected chi connectivity index (χ2v) is 10.4. The molecule has 0 saturated carbocycles. The molecule has 0 aliphatic carbocycles. The molecule has 0 bridgehead atoms. The first kappa shape index (κ1) is 28.3. The summed E-state index contributed by atoms with van der Waals surface area (Å²) < 4.78 is 17.6. The molecule has 1 aliphatic rings. The van der Waals surface area contributed by atoms with Gasteiger partial charge in [0, 0.05) is 19.0 Å². The number of hydrogen-bond acceptors (Lipinski definition) is 7. The highest BCUT2D eigenvalue weighted by atomic mass is 16.7. The van der Waals surface area contributed by atoms with Gasteiger partial charge in [-0.1, -0.05) is 34.1 Å². The standard InChI is InChI=1S/C24H48N2O5/c1-10-18(3)20(5)23(31-22-12-21(25(7)8)11-19(4)30-22)24(6,28)13-17(2)14-26(9)15-29-16-27/h16-23,28H,10-15H2,1-9H3/t17-,18+,19?,20+,21?,22?,23-,24-/m1/s1. The first-order valence-electron chi connectivity index (χ1n) is 11.8. The number of hydrogen-bond donors (Lipinski definition) is 1. The molecular weight excluding hydrogens is 396 g/mol. The van der Waals surface area contributed by atoms with Crippen molar-refractivity contribution >= 4 is 6.47 Å². The van der Waals surface area contributed by atoms with Gasteiger partial charge >= 0.3 is 0 Å². The summed E-state index contributed by atoms with van der Waals surface area (Å²) in [4.78, 5) is 14.6. The molecule has 1 N–H and O–H groups in total. The van der Waals surface area contributed by atoms with Crippen molar-refractivity contribution in [1.29, 1.82) is 0 Å². The second-order valence-electron chi connectivity index (χ2n) is 10.4. The van der Waals surface area contributed by atoms with Gasteiger partial charge < -0.3 is 24.2 Å². The quantitative estimate of drug-likeness (QED) is 0.325. The molecule has 1 saturated heterocycles. The molecule has 31 heavy (non-hydrogen) atoms. The molecule has 0 spiro atoms. The van der Waals surface area contributed by atoms with Crippen molar-refractivity contribution in [2.24, 2.45) is 17.8 Å². The van der Waals surface area contributed by atoms with Gasteiger partial charge in [-0.2, -0.15) is 0 Å². The smallest absolute Gasteiger partial charge is 0.294 e. The fourth-order valence-electron chi connectivity index (χ4n) is 4.88. The van der Waals surface area contributed by atoms with Crippen LogP contribution in [-0.4, -0.2) is 85.9 Å². The minimum Gasteiger partial charge on any atom is -0.452 e. The third kappa shape index (κ3) is 9.34. The first-order valence-corrected chi connectivity index (χ1v) is 11.8. The summed E-state index contributed by atoms with van der Waals surface area (Å²) in [7, 11) is 6.10. The molecule has 0 aromatic carbocycles. The largest absolute Gasteiger partial charge is 0.452 e. The van der Waals surface area contributed by atoms with Crippen LogP contribution in [-0.2, 0) is 19.0 Å². The minimum absolute atomic E-state index is 0.126. The van der Waals surface area contributed by atoms with Crippen LogP contribution in [0.2, 0.25) is 0 Å². The highest BCUT2D eigenvalue weighted by Gasteiger charge is 2.42. The lowest BCUT2D eigenvalue weighted by Crippen LogP contribution is -2.52. The number of carbonyl (C=O) groups excluding carboxylic acids is 1. The summed E-state index contributed by atoms with van der Waals surface area (Å²) in [6.07, 6.45) is 2.88. The maximum atomic E-state index is 11.6. The van der Waals surface area contributed by atoms with Crippen LogP contribution >= 0.6 is 0 Å². The molecule has 8 atom stereocenters. The average Bonchev–Trinajstić information content (AvgIpc) is 2.68. The van der Waals surface area contributed by atoms with Crippen molar-refractivity contribution < 1.29 is 24.1 Å². The van der Waals surface area contributed by atoms with Gasteiger partial charge in [0.25, 0.3) is 6.47 Å². The van der Waals surface area contributed by atoms with Crippen LogP contribution in [0.1, 0.15) is 67.2 Å². The number of carbonyl (C=O) groups is 1. The molecule has 7 nitrogen and oxygen atoms in total. The SMILES string of the molecule is CC[C@H](C)[C@H](C)[C@@H](OC1CC(N(C)C)CC(C)O1)[C@](C)(O)C[C@@H](C)CN(C)COC=O. The zero-order valence-electron chi connectivity index (χ0n) is 21.3. The van der Waals surface area contributed by atoms with E-state index in [1.54, 1.807) is 0 Å². The Bertz CT molecular complexity index is 516. The van der Waals surface area contributed by atoms with Crippen LogP contribution in [0, 0.1) is 17.8 Å². The maximum absolute atomic E-state index is 11.6. The molecule has 0 amide bonds. The zero-order valence-corrected chi connectivity index (χ0v) is 21.3. The van der Waals surface area contributed by atoms with Gasteiger partial charge in [0.2, 0.25) is 0 Å². The Kier molecular flexibility index (Phi) is 12.0. The fraction of sp³-hybridized carbons (Fsp3) is 0.958. The van der Waals surface area contributed by atoms with Crippen molar-refractivity contribution in [1.82, 2.24) is 9.80 Å². The molecule has 1 rings (SSSR count). The number of rotatable bonds is 14. The summed E-state index contributed by atoms with van der Waals surface area (Å²) >= 11 is 0. The van der Waals surface area contributed by atoms with Crippen molar-refractivity contribution in [2.75, 3.05) is 34.4 Å². The average molecular weight is 445 g/mol. The molecule has 3 unspecified atom stereocenters. The third-order valence-corrected chi connectivity index (χ3v) is 6.86. The summed E-state index contributed by atoms with van der Waals surface area (Å²) in [5.74, 6) is 0.800. The lowest BCUT2D eigenvalue weighted by atomic mass is 9.77. The lowest BCUT2D eigenvalue weighted by molar-refractivity contribution is -0.263. The van der Waals surface area contributed by atoms with Crippen molar-refractivity contribution in [3.63, 3.8) is 0 Å². The summed E-state index contributed by atoms with van der Waals surface area (Å²) in [5.41, 5.74) is -1.01. The van der Waals surface area contributed by atoms with Crippen LogP contribution in [0.4, 0.5) is 0 Å². The van der Waals surface area contributed by atoms with Gasteiger partial charge in [0.15, 0.2) is 6.29 Å². The van der Waals surface area contributed by atoms with E-state index in [-0.39, 0.29) is 37.1 Å². The van der Waals surface area contributed by atoms with E-state index in [0.29, 0.717) is 31.4 Å². The molecular formula is C24H48N2O5. The van der Waals surface area contributed by atoms with Gasteiger partial charge in [0.05, 0.1) is 17.8 Å². The monoisotopic (exact) mass is 444 g/mol. The molecule has 1 heterocycles. The van der Waals surface area contributed by atoms with E-state index >= 15 is 0 Å². The lowest BCUT2D eigenvalue weighted by Gasteiger charge is -2.44. The number of aliphatic hydroxyl groups is 1. The van der Waals surface area contributed by atoms with Gasteiger partial charge in [-0.25, -0.2) is 0 Å². The van der Waals surface area contributed by atoms with E-state index in [1.165, 1.54) is 0 Å². The Hall–Kier alpha value is -0.730. The van der Waals surface area contributed by atoms with E-state index in [4.69, 9.17) is 14.2 Å².